The minimum atomic E-state index is -8.99. The first-order chi connectivity index (χ1) is 48.5. The molecule has 2 aromatic rings. The van der Waals surface area contributed by atoms with Crippen LogP contribution in [0.5, 0.6) is 23.5 Å². The molecule has 0 aromatic carbocycles. The lowest BCUT2D eigenvalue weighted by atomic mass is 9.89. The Bertz CT molecular complexity index is 3360. The van der Waals surface area contributed by atoms with Gasteiger partial charge in [-0.1, -0.05) is 0 Å². The van der Waals surface area contributed by atoms with Crippen molar-refractivity contribution in [3.05, 3.63) is 49.1 Å². The molecule has 654 valence electrons. The van der Waals surface area contributed by atoms with Gasteiger partial charge in [0.2, 0.25) is 0 Å². The molecule has 0 saturated carbocycles. The second-order valence-electron chi connectivity index (χ2n) is 21.5. The number of rotatable bonds is 39. The van der Waals surface area contributed by atoms with Gasteiger partial charge in [-0.3, -0.25) is 0 Å². The fourth-order valence-corrected chi connectivity index (χ4v) is 6.83. The van der Waals surface area contributed by atoms with Crippen LogP contribution in [0.4, 0.5) is 255 Å². The van der Waals surface area contributed by atoms with E-state index >= 15 is 0 Å². The highest BCUT2D eigenvalue weighted by Crippen LogP contribution is 2.67. The first kappa shape index (κ1) is 101. The molecule has 0 fully saturated rings. The third-order valence-corrected chi connectivity index (χ3v) is 13.7. The van der Waals surface area contributed by atoms with Gasteiger partial charge in [0, 0.05) is 0 Å². The molecule has 66 heteroatoms. The quantitative estimate of drug-likeness (QED) is 0.0483. The zero-order chi connectivity index (χ0) is 89.9. The topological polar surface area (TPSA) is 88.5 Å². The zero-order valence-corrected chi connectivity index (χ0v) is 50.2. The molecule has 0 atom stereocenters. The van der Waals surface area contributed by atoms with Gasteiger partial charge in [0.05, 0.1) is 50.8 Å². The summed E-state index contributed by atoms with van der Waals surface area (Å²) in [6, 6.07) is -3.93. The average molecular weight is 1790 g/mol. The van der Waals surface area contributed by atoms with E-state index in [0.717, 1.165) is 0 Å². The number of halogens is 58. The van der Waals surface area contributed by atoms with Crippen molar-refractivity contribution in [3.63, 3.8) is 0 Å². The highest BCUT2D eigenvalue weighted by Gasteiger charge is 2.95. The summed E-state index contributed by atoms with van der Waals surface area (Å²) in [5.74, 6) is -219. The SMILES string of the molecule is FC(F)(F)C(F)(F)C(F)(F)C(F)(F)C(F)(F)C(F)(F)/C=C/C(F)(F)C(F)(F)C(F)(F)C(F)(F)C(F)(F)C(F)(F)CCOc1cnc(OCC(F)(F)C(F)(F)C(F)(F)C(F)(F)COc2ncc(OCCC(F)(F)C(F)(F)C(F)(F)C(F)(F)C(F)(F)C(F)(F)/C=C/C(F)(F)C(F)(F)C(F)(F)C(F)(F)C(F)(F)C(F)(F)F)cn2)nc1. The van der Waals surface area contributed by atoms with Gasteiger partial charge in [-0.2, -0.15) is 275 Å². The maximum Gasteiger partial charge on any atom is 0.460 e. The molecule has 8 nitrogen and oxygen atoms in total. The zero-order valence-electron chi connectivity index (χ0n) is 50.2. The van der Waals surface area contributed by atoms with Crippen molar-refractivity contribution in [2.75, 3.05) is 26.4 Å². The minimum absolute atomic E-state index is 0.308. The molecule has 0 saturated heterocycles. The number of ether oxygens (including phenoxy) is 4. The number of nitrogens with zero attached hydrogens (tertiary/aromatic N) is 4. The normalized spacial score (nSPS) is 16.3. The summed E-state index contributed by atoms with van der Waals surface area (Å²) < 4.78 is 818. The molecule has 0 spiro atoms. The third-order valence-electron chi connectivity index (χ3n) is 13.7. The van der Waals surface area contributed by atoms with Crippen LogP contribution in [0, 0.1) is 0 Å². The second-order valence-corrected chi connectivity index (χ2v) is 21.5. The Morgan fingerprint density at radius 3 is 0.536 bits per heavy atom. The van der Waals surface area contributed by atoms with Crippen LogP contribution in [0.3, 0.4) is 0 Å². The number of hydrogen-bond donors (Lipinski definition) is 0. The van der Waals surface area contributed by atoms with Gasteiger partial charge < -0.3 is 18.9 Å². The Labute approximate surface area is 572 Å². The molecule has 0 unspecified atom stereocenters. The second kappa shape index (κ2) is 28.9. The summed E-state index contributed by atoms with van der Waals surface area (Å²) in [4.78, 5) is 10.4. The monoisotopic (exact) mass is 1790 g/mol. The molecular weight excluding hydrogens is 1770 g/mol. The Balaban J connectivity index is 2.22. The number of allylic oxidation sites excluding steroid dienone is 4. The summed E-state index contributed by atoms with van der Waals surface area (Å²) in [5, 5.41) is 0. The molecule has 0 bridgehead atoms. The van der Waals surface area contributed by atoms with Crippen LogP contribution in [0.15, 0.2) is 49.1 Å². The molecule has 2 heterocycles. The number of aromatic nitrogens is 4. The molecule has 0 aliphatic carbocycles. The Morgan fingerprint density at radius 1 is 0.196 bits per heavy atom. The van der Waals surface area contributed by atoms with E-state index in [1.807, 2.05) is 0 Å². The van der Waals surface area contributed by atoms with Crippen LogP contribution in [0.1, 0.15) is 12.8 Å². The first-order valence-electron chi connectivity index (χ1n) is 26.0. The van der Waals surface area contributed by atoms with E-state index in [1.165, 1.54) is 0 Å². The van der Waals surface area contributed by atoms with Crippen LogP contribution in [-0.2, 0) is 0 Å². The maximum absolute atomic E-state index is 14.5. The van der Waals surface area contributed by atoms with Gasteiger partial charge in [0.15, 0.2) is 24.7 Å². The van der Waals surface area contributed by atoms with Crippen molar-refractivity contribution in [2.45, 2.75) is 179 Å². The van der Waals surface area contributed by atoms with E-state index in [0.29, 0.717) is 0 Å². The summed E-state index contributed by atoms with van der Waals surface area (Å²) in [5.41, 5.74) is 0. The van der Waals surface area contributed by atoms with Gasteiger partial charge in [-0.15, -0.1) is 0 Å². The standard InChI is InChI=1S/C46H20F58N4O4/c47-19(48,1-3-21(51,52)29(67,68)39(87,88)41(91,92)43(95,96)45(99,100)101)27(63,64)35(79,80)37(83,84)31(71,72)23(55,56)5-7-109-15-9-105-17(106-10-15)111-13-25(59,60)33(75,76)34(77,78)26(61,62)14-112-18-107-11-16(12-108-18)110-8-6-24(57,58)32(73,74)38(85,86)36(81,82)28(65,66)20(49,50)2-4-22(53,54)30(69,70)40(89,90)42(93,94)44(97,98)46(102,103)104/h1-4,9-12H,5-8,13-14H2/b3-1+,4-2+. The maximum atomic E-state index is 14.5. The molecule has 2 aromatic heterocycles. The Hall–Kier alpha value is -7.22. The molecule has 2 rings (SSSR count). The molecule has 0 radical (unpaired) electrons. The molecule has 0 aliphatic heterocycles. The van der Waals surface area contributed by atoms with Crippen LogP contribution >= 0.6 is 0 Å². The average Bonchev–Trinajstić information content (AvgIpc) is 0.718. The van der Waals surface area contributed by atoms with Crippen molar-refractivity contribution >= 4 is 0 Å². The van der Waals surface area contributed by atoms with Gasteiger partial charge in [-0.25, -0.2) is 0 Å². The lowest BCUT2D eigenvalue weighted by molar-refractivity contribution is -0.436. The van der Waals surface area contributed by atoms with Gasteiger partial charge in [0.1, 0.15) is 0 Å². The van der Waals surface area contributed by atoms with E-state index < -0.39 is 253 Å². The minimum Gasteiger partial charge on any atom is -0.490 e. The molecule has 0 N–H and O–H groups in total. The fraction of sp³-hybridized carbons (Fsp3) is 0.739. The van der Waals surface area contributed by atoms with Crippen molar-refractivity contribution in [1.82, 2.24) is 19.9 Å². The predicted molar refractivity (Wildman–Crippen MR) is 234 cm³/mol. The molecule has 112 heavy (non-hydrogen) atoms. The highest BCUT2D eigenvalue weighted by atomic mass is 19.5. The van der Waals surface area contributed by atoms with Crippen molar-refractivity contribution in [3.8, 4) is 23.5 Å². The van der Waals surface area contributed by atoms with E-state index in [2.05, 4.69) is 38.9 Å². The molecule has 0 aliphatic rings. The van der Waals surface area contributed by atoms with Gasteiger partial charge in [0.25, 0.3) is 0 Å². The highest BCUT2D eigenvalue weighted by molar-refractivity contribution is 5.24. The Morgan fingerprint density at radius 2 is 0.357 bits per heavy atom. The van der Waals surface area contributed by atoms with Crippen molar-refractivity contribution in [1.29, 1.82) is 0 Å². The smallest absolute Gasteiger partial charge is 0.460 e. The van der Waals surface area contributed by atoms with Gasteiger partial charge >= 0.3 is 178 Å². The van der Waals surface area contributed by atoms with Gasteiger partial charge in [-0.05, 0) is 24.3 Å². The number of hydrogen-bond acceptors (Lipinski definition) is 8. The number of alkyl halides is 58. The molecular formula is C46H20F58N4O4. The Kier molecular flexibility index (Phi) is 26.0. The van der Waals surface area contributed by atoms with Crippen LogP contribution in [-0.4, -0.2) is 213 Å². The van der Waals surface area contributed by atoms with Crippen LogP contribution < -0.4 is 18.9 Å². The molecule has 0 amide bonds. The van der Waals surface area contributed by atoms with E-state index in [-0.39, 0.29) is 24.8 Å². The summed E-state index contributed by atoms with van der Waals surface area (Å²) in [7, 11) is 0. The van der Waals surface area contributed by atoms with Crippen LogP contribution in [0.25, 0.3) is 0 Å². The lowest BCUT2D eigenvalue weighted by Crippen LogP contribution is -2.70. The first-order valence-corrected chi connectivity index (χ1v) is 26.0. The van der Waals surface area contributed by atoms with Crippen molar-refractivity contribution < 1.29 is 274 Å². The third kappa shape index (κ3) is 15.8. The largest absolute Gasteiger partial charge is 0.490 e. The van der Waals surface area contributed by atoms with E-state index in [1.54, 1.807) is 0 Å². The van der Waals surface area contributed by atoms with Crippen molar-refractivity contribution in [2.24, 2.45) is 0 Å². The summed E-state index contributed by atoms with van der Waals surface area (Å²) >= 11 is 0. The van der Waals surface area contributed by atoms with E-state index in [4.69, 9.17) is 0 Å². The van der Waals surface area contributed by atoms with Crippen LogP contribution in [0.2, 0.25) is 0 Å². The predicted octanol–water partition coefficient (Wildman–Crippen LogP) is 21.0. The summed E-state index contributed by atoms with van der Waals surface area (Å²) in [6.45, 7) is -11.8. The fourth-order valence-electron chi connectivity index (χ4n) is 6.83. The van der Waals surface area contributed by atoms with E-state index in [9.17, 15) is 255 Å². The summed E-state index contributed by atoms with van der Waals surface area (Å²) in [6.07, 6.45) is -37.1. The lowest BCUT2D eigenvalue weighted by Gasteiger charge is -2.41.